The van der Waals surface area contributed by atoms with E-state index in [1.165, 1.54) is 0 Å². The van der Waals surface area contributed by atoms with E-state index in [1.54, 1.807) is 18.0 Å². The zero-order chi connectivity index (χ0) is 13.1. The van der Waals surface area contributed by atoms with Gasteiger partial charge in [0.2, 0.25) is 0 Å². The summed E-state index contributed by atoms with van der Waals surface area (Å²) in [5.74, 6) is -0.0490. The molecule has 1 heterocycles. The van der Waals surface area contributed by atoms with Crippen LogP contribution in [0, 0.1) is 0 Å². The molecule has 0 bridgehead atoms. The van der Waals surface area contributed by atoms with Crippen LogP contribution in [0.1, 0.15) is 17.4 Å². The van der Waals surface area contributed by atoms with E-state index in [0.717, 1.165) is 10.9 Å². The van der Waals surface area contributed by atoms with Crippen LogP contribution >= 0.6 is 15.9 Å². The summed E-state index contributed by atoms with van der Waals surface area (Å²) >= 11 is 3.44. The predicted octanol–water partition coefficient (Wildman–Crippen LogP) is 3.09. The van der Waals surface area contributed by atoms with Crippen molar-refractivity contribution in [2.45, 2.75) is 11.8 Å². The molecule has 1 atom stereocenters. The van der Waals surface area contributed by atoms with Crippen molar-refractivity contribution in [2.24, 2.45) is 0 Å². The molecule has 0 aliphatic rings. The number of hydrogen-bond acceptors (Lipinski definition) is 2. The summed E-state index contributed by atoms with van der Waals surface area (Å²) in [5, 5.41) is 1.05. The summed E-state index contributed by atoms with van der Waals surface area (Å²) in [6, 6.07) is 11.5. The van der Waals surface area contributed by atoms with Gasteiger partial charge in [0.15, 0.2) is 0 Å². The van der Waals surface area contributed by atoms with Crippen molar-refractivity contribution in [1.82, 2.24) is 9.88 Å². The molecule has 0 radical (unpaired) electrons. The third-order valence-electron chi connectivity index (χ3n) is 2.69. The van der Waals surface area contributed by atoms with Gasteiger partial charge in [-0.1, -0.05) is 47.1 Å². The fourth-order valence-electron chi connectivity index (χ4n) is 1.84. The fourth-order valence-corrected chi connectivity index (χ4v) is 2.28. The molecule has 0 saturated carbocycles. The van der Waals surface area contributed by atoms with Crippen molar-refractivity contribution in [3.8, 4) is 0 Å². The van der Waals surface area contributed by atoms with Gasteiger partial charge in [0, 0.05) is 23.8 Å². The van der Waals surface area contributed by atoms with Gasteiger partial charge in [0.25, 0.3) is 5.91 Å². The molecule has 0 spiro atoms. The van der Waals surface area contributed by atoms with Crippen LogP contribution < -0.4 is 0 Å². The number of para-hydroxylation sites is 1. The van der Waals surface area contributed by atoms with Gasteiger partial charge in [0.05, 0.1) is 5.52 Å². The Labute approximate surface area is 115 Å². The minimum atomic E-state index is -0.0490. The first-order valence-electron chi connectivity index (χ1n) is 5.83. The molecule has 4 heteroatoms. The number of aromatic nitrogens is 1. The lowest BCUT2D eigenvalue weighted by Gasteiger charge is -2.18. The summed E-state index contributed by atoms with van der Waals surface area (Å²) < 4.78 is 0. The summed E-state index contributed by atoms with van der Waals surface area (Å²) in [6.07, 6.45) is 0. The van der Waals surface area contributed by atoms with Crippen LogP contribution in [0.2, 0.25) is 0 Å². The molecule has 1 unspecified atom stereocenters. The Hall–Kier alpha value is -1.42. The third-order valence-corrected chi connectivity index (χ3v) is 2.98. The van der Waals surface area contributed by atoms with Crippen molar-refractivity contribution in [1.29, 1.82) is 0 Å². The van der Waals surface area contributed by atoms with Crippen molar-refractivity contribution < 1.29 is 4.79 Å². The number of pyridine rings is 1. The summed E-state index contributed by atoms with van der Waals surface area (Å²) in [5.41, 5.74) is 1.34. The van der Waals surface area contributed by atoms with Crippen molar-refractivity contribution in [3.63, 3.8) is 0 Å². The molecule has 1 aromatic heterocycles. The number of fused-ring (bicyclic) bond motifs is 1. The molecule has 0 aliphatic carbocycles. The maximum atomic E-state index is 12.2. The number of rotatable bonds is 3. The van der Waals surface area contributed by atoms with Crippen LogP contribution in [0.3, 0.4) is 0 Å². The fraction of sp³-hybridized carbons (Fsp3) is 0.286. The number of alkyl halides is 1. The van der Waals surface area contributed by atoms with Gasteiger partial charge in [-0.15, -0.1) is 0 Å². The molecular weight excluding hydrogens is 292 g/mol. The molecule has 0 aliphatic heterocycles. The Kier molecular flexibility index (Phi) is 3.97. The highest BCUT2D eigenvalue weighted by Gasteiger charge is 2.14. The molecule has 0 saturated heterocycles. The topological polar surface area (TPSA) is 33.2 Å². The quantitative estimate of drug-likeness (QED) is 0.816. The van der Waals surface area contributed by atoms with Crippen LogP contribution in [0.15, 0.2) is 36.4 Å². The van der Waals surface area contributed by atoms with Crippen LogP contribution in [0.4, 0.5) is 0 Å². The van der Waals surface area contributed by atoms with Gasteiger partial charge in [0.1, 0.15) is 5.69 Å². The normalized spacial score (nSPS) is 12.4. The highest BCUT2D eigenvalue weighted by atomic mass is 79.9. The number of carbonyl (C=O) groups excluding carboxylic acids is 1. The van der Waals surface area contributed by atoms with Crippen LogP contribution in [-0.2, 0) is 0 Å². The zero-order valence-corrected chi connectivity index (χ0v) is 12.0. The predicted molar refractivity (Wildman–Crippen MR) is 77.1 cm³/mol. The van der Waals surface area contributed by atoms with Crippen molar-refractivity contribution in [2.75, 3.05) is 13.6 Å². The van der Waals surface area contributed by atoms with Gasteiger partial charge in [-0.3, -0.25) is 4.79 Å². The van der Waals surface area contributed by atoms with E-state index in [9.17, 15) is 4.79 Å². The third kappa shape index (κ3) is 2.88. The van der Waals surface area contributed by atoms with E-state index >= 15 is 0 Å². The SMILES string of the molecule is CC(Br)CN(C)C(=O)c1ccc2ccccc2n1. The molecular formula is C14H15BrN2O. The summed E-state index contributed by atoms with van der Waals surface area (Å²) in [4.78, 5) is 18.5. The largest absolute Gasteiger partial charge is 0.339 e. The van der Waals surface area contributed by atoms with Gasteiger partial charge >= 0.3 is 0 Å². The molecule has 1 amide bonds. The molecule has 2 aromatic rings. The number of amides is 1. The zero-order valence-electron chi connectivity index (χ0n) is 10.4. The summed E-state index contributed by atoms with van der Waals surface area (Å²) in [6.45, 7) is 2.67. The first-order chi connectivity index (χ1) is 8.58. The number of halogens is 1. The number of hydrogen-bond donors (Lipinski definition) is 0. The van der Waals surface area contributed by atoms with E-state index in [4.69, 9.17) is 0 Å². The average Bonchev–Trinajstić information content (AvgIpc) is 2.36. The Morgan fingerprint density at radius 2 is 2.06 bits per heavy atom. The number of carbonyl (C=O) groups is 1. The van der Waals surface area contributed by atoms with Gasteiger partial charge < -0.3 is 4.90 Å². The molecule has 2 rings (SSSR count). The standard InChI is InChI=1S/C14H15BrN2O/c1-10(15)9-17(2)14(18)13-8-7-11-5-3-4-6-12(11)16-13/h3-8,10H,9H2,1-2H3. The van der Waals surface area contributed by atoms with E-state index in [-0.39, 0.29) is 10.7 Å². The Bertz CT molecular complexity index is 568. The smallest absolute Gasteiger partial charge is 0.272 e. The maximum Gasteiger partial charge on any atom is 0.272 e. The Morgan fingerprint density at radius 3 is 2.78 bits per heavy atom. The molecule has 1 aromatic carbocycles. The second kappa shape index (κ2) is 5.48. The lowest BCUT2D eigenvalue weighted by atomic mass is 10.2. The van der Waals surface area contributed by atoms with Gasteiger partial charge in [-0.25, -0.2) is 4.98 Å². The Morgan fingerprint density at radius 1 is 1.33 bits per heavy atom. The lowest BCUT2D eigenvalue weighted by molar-refractivity contribution is 0.0792. The van der Waals surface area contributed by atoms with Crippen molar-refractivity contribution >= 4 is 32.7 Å². The molecule has 18 heavy (non-hydrogen) atoms. The highest BCUT2D eigenvalue weighted by molar-refractivity contribution is 9.09. The maximum absolute atomic E-state index is 12.2. The van der Waals surface area contributed by atoms with Crippen LogP contribution in [0.25, 0.3) is 10.9 Å². The summed E-state index contributed by atoms with van der Waals surface area (Å²) in [7, 11) is 1.79. The minimum absolute atomic E-state index is 0.0490. The average molecular weight is 307 g/mol. The van der Waals surface area contributed by atoms with Crippen LogP contribution in [-0.4, -0.2) is 34.2 Å². The molecule has 0 N–H and O–H groups in total. The molecule has 0 fully saturated rings. The molecule has 3 nitrogen and oxygen atoms in total. The van der Waals surface area contributed by atoms with Gasteiger partial charge in [-0.2, -0.15) is 0 Å². The van der Waals surface area contributed by atoms with Crippen molar-refractivity contribution in [3.05, 3.63) is 42.1 Å². The lowest BCUT2D eigenvalue weighted by Crippen LogP contribution is -2.31. The minimum Gasteiger partial charge on any atom is -0.339 e. The highest BCUT2D eigenvalue weighted by Crippen LogP contribution is 2.13. The van der Waals surface area contributed by atoms with Crippen LogP contribution in [0.5, 0.6) is 0 Å². The first-order valence-corrected chi connectivity index (χ1v) is 6.75. The van der Waals surface area contributed by atoms with E-state index in [2.05, 4.69) is 20.9 Å². The second-order valence-corrected chi connectivity index (χ2v) is 5.92. The molecule has 94 valence electrons. The monoisotopic (exact) mass is 306 g/mol. The Balaban J connectivity index is 2.28. The van der Waals surface area contributed by atoms with E-state index in [0.29, 0.717) is 12.2 Å². The van der Waals surface area contributed by atoms with Gasteiger partial charge in [-0.05, 0) is 12.1 Å². The number of benzene rings is 1. The van der Waals surface area contributed by atoms with E-state index in [1.807, 2.05) is 37.3 Å². The first kappa shape index (κ1) is 13.0. The second-order valence-electron chi connectivity index (χ2n) is 4.36. The number of nitrogens with zero attached hydrogens (tertiary/aromatic N) is 2. The van der Waals surface area contributed by atoms with E-state index < -0.39 is 0 Å².